The van der Waals surface area contributed by atoms with Crippen molar-refractivity contribution in [3.05, 3.63) is 40.9 Å². The summed E-state index contributed by atoms with van der Waals surface area (Å²) in [5.41, 5.74) is 1.11. The molecule has 1 amide bonds. The predicted octanol–water partition coefficient (Wildman–Crippen LogP) is 1.82. The third-order valence-electron chi connectivity index (χ3n) is 1.77. The van der Waals surface area contributed by atoms with E-state index in [2.05, 4.69) is 36.4 Å². The van der Waals surface area contributed by atoms with Crippen molar-refractivity contribution >= 4 is 27.5 Å². The van der Waals surface area contributed by atoms with Crippen molar-refractivity contribution in [2.24, 2.45) is 0 Å². The van der Waals surface area contributed by atoms with Crippen molar-refractivity contribution in [2.75, 3.05) is 5.32 Å². The van der Waals surface area contributed by atoms with E-state index in [1.54, 1.807) is 18.3 Å². The van der Waals surface area contributed by atoms with Crippen LogP contribution < -0.4 is 5.32 Å². The first-order chi connectivity index (χ1) is 7.27. The maximum Gasteiger partial charge on any atom is 0.258 e. The lowest BCUT2D eigenvalue weighted by molar-refractivity contribution is 0.102. The molecule has 15 heavy (non-hydrogen) atoms. The van der Waals surface area contributed by atoms with Gasteiger partial charge in [0.05, 0.1) is 17.4 Å². The van der Waals surface area contributed by atoms with Crippen LogP contribution in [-0.4, -0.2) is 21.1 Å². The summed E-state index contributed by atoms with van der Waals surface area (Å²) in [5.74, 6) is -0.225. The average Bonchev–Trinajstić information content (AvgIpc) is 2.74. The number of aromatic nitrogens is 3. The summed E-state index contributed by atoms with van der Waals surface area (Å²) in [5, 5.41) is 8.97. The summed E-state index contributed by atoms with van der Waals surface area (Å²) in [7, 11) is 0. The highest BCUT2D eigenvalue weighted by molar-refractivity contribution is 9.10. The fraction of sp³-hybridized carbons (Fsp3) is 0. The minimum absolute atomic E-state index is 0.225. The number of anilines is 1. The van der Waals surface area contributed by atoms with E-state index < -0.39 is 0 Å². The smallest absolute Gasteiger partial charge is 0.258 e. The molecule has 0 bridgehead atoms. The van der Waals surface area contributed by atoms with Gasteiger partial charge in [0.2, 0.25) is 0 Å². The van der Waals surface area contributed by atoms with Gasteiger partial charge in [-0.15, -0.1) is 0 Å². The Balaban J connectivity index is 2.17. The first-order valence-corrected chi connectivity index (χ1v) is 4.97. The van der Waals surface area contributed by atoms with Crippen LogP contribution in [0.4, 0.5) is 5.69 Å². The molecule has 0 saturated heterocycles. The van der Waals surface area contributed by atoms with Crippen LogP contribution in [0.5, 0.6) is 0 Å². The van der Waals surface area contributed by atoms with Gasteiger partial charge in [-0.1, -0.05) is 0 Å². The quantitative estimate of drug-likeness (QED) is 0.815. The number of hydrogen-bond acceptors (Lipinski definition) is 3. The molecule has 0 unspecified atom stereocenters. The fourth-order valence-corrected chi connectivity index (χ4v) is 1.40. The number of carbonyl (C=O) groups is 1. The molecule has 5 nitrogen and oxygen atoms in total. The SMILES string of the molecule is O=C(Nc1cccnc1Br)c1cn[nH]c1. The second-order valence-corrected chi connectivity index (χ2v) is 3.53. The molecule has 0 spiro atoms. The third kappa shape index (κ3) is 2.21. The zero-order valence-corrected chi connectivity index (χ0v) is 9.15. The highest BCUT2D eigenvalue weighted by Crippen LogP contribution is 2.18. The van der Waals surface area contributed by atoms with Gasteiger partial charge in [-0.05, 0) is 28.1 Å². The number of carbonyl (C=O) groups excluding carboxylic acids is 1. The molecule has 0 aliphatic heterocycles. The fourth-order valence-electron chi connectivity index (χ4n) is 1.05. The van der Waals surface area contributed by atoms with Gasteiger partial charge in [0.1, 0.15) is 4.60 Å². The molecule has 0 saturated carbocycles. The summed E-state index contributed by atoms with van der Waals surface area (Å²) in [6, 6.07) is 3.50. The number of pyridine rings is 1. The van der Waals surface area contributed by atoms with Crippen LogP contribution >= 0.6 is 15.9 Å². The first-order valence-electron chi connectivity index (χ1n) is 4.18. The van der Waals surface area contributed by atoms with Crippen molar-refractivity contribution in [1.29, 1.82) is 0 Å². The van der Waals surface area contributed by atoms with Crippen LogP contribution in [0.1, 0.15) is 10.4 Å². The second-order valence-electron chi connectivity index (χ2n) is 2.78. The molecule has 0 radical (unpaired) electrons. The molecule has 0 fully saturated rings. The van der Waals surface area contributed by atoms with Gasteiger partial charge in [0, 0.05) is 12.4 Å². The summed E-state index contributed by atoms with van der Waals surface area (Å²) in [6.07, 6.45) is 4.62. The van der Waals surface area contributed by atoms with Gasteiger partial charge in [0.25, 0.3) is 5.91 Å². The maximum atomic E-state index is 11.6. The van der Waals surface area contributed by atoms with Gasteiger partial charge in [-0.2, -0.15) is 5.10 Å². The van der Waals surface area contributed by atoms with Crippen molar-refractivity contribution in [2.45, 2.75) is 0 Å². The van der Waals surface area contributed by atoms with Crippen LogP contribution in [0.3, 0.4) is 0 Å². The lowest BCUT2D eigenvalue weighted by Crippen LogP contribution is -2.11. The van der Waals surface area contributed by atoms with Crippen LogP contribution in [0.15, 0.2) is 35.3 Å². The van der Waals surface area contributed by atoms with Gasteiger partial charge >= 0.3 is 0 Å². The lowest BCUT2D eigenvalue weighted by Gasteiger charge is -2.04. The summed E-state index contributed by atoms with van der Waals surface area (Å²) in [6.45, 7) is 0. The Kier molecular flexibility index (Phi) is 2.77. The highest BCUT2D eigenvalue weighted by Gasteiger charge is 2.08. The maximum absolute atomic E-state index is 11.6. The molecular weight excluding hydrogens is 260 g/mol. The Bertz CT molecular complexity index is 469. The van der Waals surface area contributed by atoms with E-state index in [-0.39, 0.29) is 5.91 Å². The number of rotatable bonds is 2. The van der Waals surface area contributed by atoms with Crippen LogP contribution in [-0.2, 0) is 0 Å². The second kappa shape index (κ2) is 4.22. The number of nitrogens with one attached hydrogen (secondary N) is 2. The average molecular weight is 267 g/mol. The molecule has 2 aromatic heterocycles. The number of nitrogens with zero attached hydrogens (tertiary/aromatic N) is 2. The van der Waals surface area contributed by atoms with E-state index in [0.29, 0.717) is 15.9 Å². The number of aromatic amines is 1. The molecule has 6 heteroatoms. The Labute approximate surface area is 94.0 Å². The summed E-state index contributed by atoms with van der Waals surface area (Å²) >= 11 is 3.24. The molecule has 0 aliphatic carbocycles. The van der Waals surface area contributed by atoms with Gasteiger partial charge in [-0.3, -0.25) is 9.89 Å². The zero-order valence-electron chi connectivity index (χ0n) is 7.57. The van der Waals surface area contributed by atoms with Crippen molar-refractivity contribution in [3.8, 4) is 0 Å². The van der Waals surface area contributed by atoms with Crippen molar-refractivity contribution < 1.29 is 4.79 Å². The Hall–Kier alpha value is -1.69. The largest absolute Gasteiger partial charge is 0.320 e. The van der Waals surface area contributed by atoms with Crippen molar-refractivity contribution in [3.63, 3.8) is 0 Å². The topological polar surface area (TPSA) is 70.7 Å². The molecular formula is C9H7BrN4O. The van der Waals surface area contributed by atoms with Crippen LogP contribution in [0.2, 0.25) is 0 Å². The zero-order chi connectivity index (χ0) is 10.7. The van der Waals surface area contributed by atoms with E-state index in [1.165, 1.54) is 12.4 Å². The monoisotopic (exact) mass is 266 g/mol. The molecule has 76 valence electrons. The molecule has 2 N–H and O–H groups in total. The Morgan fingerprint density at radius 1 is 1.53 bits per heavy atom. The molecule has 2 heterocycles. The van der Waals surface area contributed by atoms with Gasteiger partial charge in [-0.25, -0.2) is 4.98 Å². The summed E-state index contributed by atoms with van der Waals surface area (Å²) in [4.78, 5) is 15.6. The standard InChI is InChI=1S/C9H7BrN4O/c10-8-7(2-1-3-11-8)14-9(15)6-4-12-13-5-6/h1-5H,(H,12,13)(H,14,15). The van der Waals surface area contributed by atoms with Crippen LogP contribution in [0.25, 0.3) is 0 Å². The van der Waals surface area contributed by atoms with Gasteiger partial charge < -0.3 is 5.32 Å². The number of H-pyrrole nitrogens is 1. The molecule has 0 atom stereocenters. The minimum Gasteiger partial charge on any atom is -0.320 e. The van der Waals surface area contributed by atoms with E-state index >= 15 is 0 Å². The number of hydrogen-bond donors (Lipinski definition) is 2. The normalized spacial score (nSPS) is 9.93. The van der Waals surface area contributed by atoms with E-state index in [9.17, 15) is 4.79 Å². The third-order valence-corrected chi connectivity index (χ3v) is 2.40. The highest BCUT2D eigenvalue weighted by atomic mass is 79.9. The van der Waals surface area contributed by atoms with Crippen LogP contribution in [0, 0.1) is 0 Å². The van der Waals surface area contributed by atoms with Gasteiger partial charge in [0.15, 0.2) is 0 Å². The van der Waals surface area contributed by atoms with E-state index in [0.717, 1.165) is 0 Å². The molecule has 2 rings (SSSR count). The number of amides is 1. The van der Waals surface area contributed by atoms with E-state index in [1.807, 2.05) is 0 Å². The predicted molar refractivity (Wildman–Crippen MR) is 58.5 cm³/mol. The number of halogens is 1. The lowest BCUT2D eigenvalue weighted by atomic mass is 10.3. The first kappa shape index (κ1) is 9.85. The Morgan fingerprint density at radius 2 is 2.40 bits per heavy atom. The Morgan fingerprint density at radius 3 is 3.07 bits per heavy atom. The molecule has 0 aromatic carbocycles. The van der Waals surface area contributed by atoms with E-state index in [4.69, 9.17) is 0 Å². The molecule has 0 aliphatic rings. The minimum atomic E-state index is -0.225. The molecule has 2 aromatic rings. The van der Waals surface area contributed by atoms with Crippen molar-refractivity contribution in [1.82, 2.24) is 15.2 Å². The summed E-state index contributed by atoms with van der Waals surface area (Å²) < 4.78 is 0.599.